The lowest BCUT2D eigenvalue weighted by Gasteiger charge is -1.99. The van der Waals surface area contributed by atoms with E-state index in [2.05, 4.69) is 10.5 Å². The highest BCUT2D eigenvalue weighted by Gasteiger charge is 2.05. The number of aryl methyl sites for hydroxylation is 1. The number of carbonyl (C=O) groups excluding carboxylic acids is 1. The minimum atomic E-state index is -0.304. The summed E-state index contributed by atoms with van der Waals surface area (Å²) in [5.41, 5.74) is 4.60. The van der Waals surface area contributed by atoms with Gasteiger partial charge in [-0.3, -0.25) is 4.79 Å². The van der Waals surface area contributed by atoms with Gasteiger partial charge in [-0.2, -0.15) is 5.26 Å². The van der Waals surface area contributed by atoms with Gasteiger partial charge in [-0.25, -0.2) is 5.43 Å². The molecule has 1 N–H and O–H groups in total. The molecule has 22 heavy (non-hydrogen) atoms. The topological polar surface area (TPSA) is 70.2 Å². The zero-order chi connectivity index (χ0) is 15.5. The maximum atomic E-state index is 12.1. The number of rotatable bonds is 2. The van der Waals surface area contributed by atoms with E-state index in [9.17, 15) is 4.79 Å². The van der Waals surface area contributed by atoms with Gasteiger partial charge in [0.25, 0.3) is 5.91 Å². The summed E-state index contributed by atoms with van der Waals surface area (Å²) in [5.74, 6) is -0.304. The van der Waals surface area contributed by atoms with Gasteiger partial charge in [0.15, 0.2) is 0 Å². The summed E-state index contributed by atoms with van der Waals surface area (Å²) in [4.78, 5) is 12.8. The molecule has 1 heterocycles. The van der Waals surface area contributed by atoms with Crippen molar-refractivity contribution in [3.05, 3.63) is 64.5 Å². The zero-order valence-corrected chi connectivity index (χ0v) is 12.6. The lowest BCUT2D eigenvalue weighted by atomic mass is 10.1. The van der Waals surface area contributed by atoms with Gasteiger partial charge in [-0.1, -0.05) is 23.5 Å². The molecule has 0 saturated heterocycles. The predicted molar refractivity (Wildman–Crippen MR) is 85.0 cm³/mol. The summed E-state index contributed by atoms with van der Waals surface area (Å²) in [6.07, 6.45) is 0. The standard InChI is InChI=1S/C16H12N4OS/c1-20-13-4-2-3-5-14(13)22-16(20)19-18-15(21)12-8-6-11(10-17)7-9-12/h2-9H,1H3,(H,18,21)/b19-16+. The molecule has 0 radical (unpaired) electrons. The molecule has 6 heteroatoms. The Morgan fingerprint density at radius 2 is 1.95 bits per heavy atom. The number of thiazole rings is 1. The van der Waals surface area contributed by atoms with Crippen LogP contribution in [0, 0.1) is 11.3 Å². The fourth-order valence-corrected chi connectivity index (χ4v) is 3.03. The minimum absolute atomic E-state index is 0.304. The van der Waals surface area contributed by atoms with Crippen LogP contribution in [-0.2, 0) is 7.05 Å². The van der Waals surface area contributed by atoms with Crippen molar-refractivity contribution in [2.24, 2.45) is 12.1 Å². The fraction of sp³-hybridized carbons (Fsp3) is 0.0625. The van der Waals surface area contributed by atoms with Crippen LogP contribution in [0.25, 0.3) is 10.2 Å². The number of fused-ring (bicyclic) bond motifs is 1. The van der Waals surface area contributed by atoms with Crippen molar-refractivity contribution in [2.45, 2.75) is 0 Å². The predicted octanol–water partition coefficient (Wildman–Crippen LogP) is 2.36. The van der Waals surface area contributed by atoms with E-state index in [1.165, 1.54) is 11.3 Å². The van der Waals surface area contributed by atoms with Gasteiger partial charge in [-0.15, -0.1) is 5.10 Å². The number of amides is 1. The Hall–Kier alpha value is -2.91. The molecule has 3 rings (SSSR count). The molecule has 2 aromatic carbocycles. The van der Waals surface area contributed by atoms with Crippen LogP contribution in [0.4, 0.5) is 0 Å². The number of hydrogen-bond acceptors (Lipinski definition) is 4. The Kier molecular flexibility index (Phi) is 3.73. The van der Waals surface area contributed by atoms with E-state index in [0.717, 1.165) is 10.2 Å². The average Bonchev–Trinajstić information content (AvgIpc) is 2.89. The van der Waals surface area contributed by atoms with Crippen molar-refractivity contribution in [3.8, 4) is 6.07 Å². The molecule has 0 bridgehead atoms. The third-order valence-electron chi connectivity index (χ3n) is 3.24. The lowest BCUT2D eigenvalue weighted by Crippen LogP contribution is -2.23. The monoisotopic (exact) mass is 308 g/mol. The second-order valence-corrected chi connectivity index (χ2v) is 5.66. The van der Waals surface area contributed by atoms with Crippen LogP contribution in [0.1, 0.15) is 15.9 Å². The van der Waals surface area contributed by atoms with Gasteiger partial charge in [0.2, 0.25) is 4.80 Å². The van der Waals surface area contributed by atoms with Gasteiger partial charge in [0.05, 0.1) is 21.8 Å². The van der Waals surface area contributed by atoms with Crippen LogP contribution in [0.3, 0.4) is 0 Å². The number of nitrogens with zero attached hydrogens (tertiary/aromatic N) is 3. The second-order valence-electron chi connectivity index (χ2n) is 4.65. The second kappa shape index (κ2) is 5.84. The third kappa shape index (κ3) is 2.62. The number of aromatic nitrogens is 1. The Labute approximate surface area is 130 Å². The molecule has 1 aromatic heterocycles. The molecule has 108 valence electrons. The minimum Gasteiger partial charge on any atom is -0.318 e. The van der Waals surface area contributed by atoms with E-state index in [1.54, 1.807) is 24.3 Å². The maximum absolute atomic E-state index is 12.1. The van der Waals surface area contributed by atoms with E-state index < -0.39 is 0 Å². The van der Waals surface area contributed by atoms with Crippen LogP contribution in [0.5, 0.6) is 0 Å². The Bertz CT molecular complexity index is 945. The number of nitriles is 1. The highest BCUT2D eigenvalue weighted by molar-refractivity contribution is 7.16. The number of para-hydroxylation sites is 1. The summed E-state index contributed by atoms with van der Waals surface area (Å²) < 4.78 is 3.04. The first-order chi connectivity index (χ1) is 10.7. The average molecular weight is 308 g/mol. The van der Waals surface area contributed by atoms with Gasteiger partial charge in [0, 0.05) is 12.6 Å². The van der Waals surface area contributed by atoms with Crippen molar-refractivity contribution in [1.82, 2.24) is 9.99 Å². The summed E-state index contributed by atoms with van der Waals surface area (Å²) in [7, 11) is 1.91. The summed E-state index contributed by atoms with van der Waals surface area (Å²) in [6.45, 7) is 0. The van der Waals surface area contributed by atoms with E-state index in [0.29, 0.717) is 15.9 Å². The highest BCUT2D eigenvalue weighted by atomic mass is 32.1. The quantitative estimate of drug-likeness (QED) is 0.738. The van der Waals surface area contributed by atoms with Crippen LogP contribution in [0.15, 0.2) is 53.6 Å². The SMILES string of the molecule is Cn1/c(=N\NC(=O)c2ccc(C#N)cc2)sc2ccccc21. The van der Waals surface area contributed by atoms with Gasteiger partial charge >= 0.3 is 0 Å². The number of nitrogens with one attached hydrogen (secondary N) is 1. The fourth-order valence-electron chi connectivity index (χ4n) is 2.05. The van der Waals surface area contributed by atoms with Crippen molar-refractivity contribution in [3.63, 3.8) is 0 Å². The van der Waals surface area contributed by atoms with Gasteiger partial charge in [0.1, 0.15) is 0 Å². The van der Waals surface area contributed by atoms with Crippen molar-refractivity contribution in [2.75, 3.05) is 0 Å². The number of carbonyl (C=O) groups is 1. The lowest BCUT2D eigenvalue weighted by molar-refractivity contribution is 0.0953. The highest BCUT2D eigenvalue weighted by Crippen LogP contribution is 2.14. The molecule has 0 spiro atoms. The number of benzene rings is 2. The maximum Gasteiger partial charge on any atom is 0.271 e. The summed E-state index contributed by atoms with van der Waals surface area (Å²) >= 11 is 1.51. The molecule has 0 saturated carbocycles. The molecule has 0 unspecified atom stereocenters. The molecular formula is C16H12N4OS. The molecule has 0 atom stereocenters. The Morgan fingerprint density at radius 3 is 2.64 bits per heavy atom. The first-order valence-corrected chi connectivity index (χ1v) is 7.39. The molecular weight excluding hydrogens is 296 g/mol. The van der Waals surface area contributed by atoms with Crippen LogP contribution < -0.4 is 10.2 Å². The molecule has 3 aromatic rings. The normalized spacial score (nSPS) is 11.4. The molecule has 5 nitrogen and oxygen atoms in total. The molecule has 0 aliphatic rings. The largest absolute Gasteiger partial charge is 0.318 e. The molecule has 1 amide bonds. The number of hydrogen-bond donors (Lipinski definition) is 1. The van der Waals surface area contributed by atoms with Gasteiger partial charge in [-0.05, 0) is 36.4 Å². The van der Waals surface area contributed by atoms with E-state index in [4.69, 9.17) is 5.26 Å². The molecule has 0 aliphatic heterocycles. The van der Waals surface area contributed by atoms with Crippen molar-refractivity contribution < 1.29 is 4.79 Å². The smallest absolute Gasteiger partial charge is 0.271 e. The summed E-state index contributed by atoms with van der Waals surface area (Å²) in [6, 6.07) is 16.4. The van der Waals surface area contributed by atoms with Crippen molar-refractivity contribution >= 4 is 27.5 Å². The van der Waals surface area contributed by atoms with Crippen LogP contribution >= 0.6 is 11.3 Å². The molecule has 0 aliphatic carbocycles. The first-order valence-electron chi connectivity index (χ1n) is 6.58. The van der Waals surface area contributed by atoms with Crippen molar-refractivity contribution in [1.29, 1.82) is 5.26 Å². The zero-order valence-electron chi connectivity index (χ0n) is 11.8. The van der Waals surface area contributed by atoms with Crippen LogP contribution in [-0.4, -0.2) is 10.5 Å². The third-order valence-corrected chi connectivity index (χ3v) is 4.36. The summed E-state index contributed by atoms with van der Waals surface area (Å²) in [5, 5.41) is 12.9. The van der Waals surface area contributed by atoms with Gasteiger partial charge < -0.3 is 4.57 Å². The molecule has 0 fully saturated rings. The van der Waals surface area contributed by atoms with E-state index in [1.807, 2.05) is 41.9 Å². The Morgan fingerprint density at radius 1 is 1.23 bits per heavy atom. The Balaban J connectivity index is 1.87. The van der Waals surface area contributed by atoms with E-state index in [-0.39, 0.29) is 5.91 Å². The van der Waals surface area contributed by atoms with Crippen LogP contribution in [0.2, 0.25) is 0 Å². The van der Waals surface area contributed by atoms with E-state index >= 15 is 0 Å². The first kappa shape index (κ1) is 14.0.